The fourth-order valence-electron chi connectivity index (χ4n) is 3.22. The van der Waals surface area contributed by atoms with Gasteiger partial charge in [0.15, 0.2) is 0 Å². The Morgan fingerprint density at radius 1 is 1.28 bits per heavy atom. The van der Waals surface area contributed by atoms with E-state index >= 15 is 0 Å². The molecule has 132 valence electrons. The van der Waals surface area contributed by atoms with E-state index in [0.717, 1.165) is 32.6 Å². The number of carbonyl (C=O) groups is 2. The molecule has 0 spiro atoms. The van der Waals surface area contributed by atoms with Crippen molar-refractivity contribution in [2.45, 2.75) is 6.42 Å². The topological polar surface area (TPSA) is 92.6 Å². The number of nitrogens with zero attached hydrogens (tertiary/aromatic N) is 5. The van der Waals surface area contributed by atoms with Gasteiger partial charge in [0.25, 0.3) is 0 Å². The lowest BCUT2D eigenvalue weighted by atomic mass is 10.2. The van der Waals surface area contributed by atoms with Crippen LogP contribution in [0.1, 0.15) is 12.0 Å². The molecule has 8 nitrogen and oxygen atoms in total. The molecule has 0 aromatic carbocycles. The van der Waals surface area contributed by atoms with Crippen LogP contribution in [0.2, 0.25) is 0 Å². The first kappa shape index (κ1) is 17.2. The molecule has 2 aliphatic rings. The van der Waals surface area contributed by atoms with E-state index in [2.05, 4.69) is 26.2 Å². The Balaban J connectivity index is 1.57. The lowest BCUT2D eigenvalue weighted by Gasteiger charge is -2.29. The third-order valence-corrected chi connectivity index (χ3v) is 4.55. The highest BCUT2D eigenvalue weighted by atomic mass is 16.2. The maximum Gasteiger partial charge on any atom is 0.239 e. The third kappa shape index (κ3) is 4.25. The van der Waals surface area contributed by atoms with Crippen LogP contribution in [-0.4, -0.2) is 79.0 Å². The van der Waals surface area contributed by atoms with Crippen molar-refractivity contribution < 1.29 is 9.59 Å². The van der Waals surface area contributed by atoms with E-state index in [1.165, 1.54) is 0 Å². The summed E-state index contributed by atoms with van der Waals surface area (Å²) in [5, 5.41) is 12.0. The molecule has 0 atom stereocenters. The zero-order chi connectivity index (χ0) is 17.6. The molecule has 1 N–H and O–H groups in total. The van der Waals surface area contributed by atoms with Gasteiger partial charge in [-0.05, 0) is 18.6 Å². The number of nitriles is 1. The van der Waals surface area contributed by atoms with Crippen molar-refractivity contribution in [3.63, 3.8) is 0 Å². The molecule has 2 aliphatic heterocycles. The fourth-order valence-corrected chi connectivity index (χ4v) is 3.22. The predicted molar refractivity (Wildman–Crippen MR) is 91.8 cm³/mol. The van der Waals surface area contributed by atoms with Crippen molar-refractivity contribution in [2.75, 3.05) is 57.3 Å². The molecule has 3 heterocycles. The smallest absolute Gasteiger partial charge is 0.239 e. The highest BCUT2D eigenvalue weighted by molar-refractivity contribution is 5.86. The lowest BCUT2D eigenvalue weighted by molar-refractivity contribution is -0.139. The van der Waals surface area contributed by atoms with Crippen molar-refractivity contribution in [1.82, 2.24) is 20.1 Å². The average molecular weight is 342 g/mol. The van der Waals surface area contributed by atoms with E-state index in [0.29, 0.717) is 31.0 Å². The molecule has 1 aromatic heterocycles. The van der Waals surface area contributed by atoms with Gasteiger partial charge in [-0.3, -0.25) is 14.5 Å². The highest BCUT2D eigenvalue weighted by Gasteiger charge is 2.24. The molecule has 0 radical (unpaired) electrons. The van der Waals surface area contributed by atoms with Crippen molar-refractivity contribution in [3.8, 4) is 6.07 Å². The van der Waals surface area contributed by atoms with Gasteiger partial charge in [0, 0.05) is 45.5 Å². The van der Waals surface area contributed by atoms with Gasteiger partial charge in [0.2, 0.25) is 11.8 Å². The van der Waals surface area contributed by atoms with Crippen molar-refractivity contribution in [2.24, 2.45) is 0 Å². The van der Waals surface area contributed by atoms with Crippen LogP contribution in [0.15, 0.2) is 18.3 Å². The molecule has 2 amide bonds. The molecule has 8 heteroatoms. The Morgan fingerprint density at radius 2 is 2.16 bits per heavy atom. The van der Waals surface area contributed by atoms with Crippen molar-refractivity contribution in [3.05, 3.63) is 23.9 Å². The summed E-state index contributed by atoms with van der Waals surface area (Å²) in [4.78, 5) is 34.0. The second-order valence-corrected chi connectivity index (χ2v) is 6.27. The maximum atomic E-state index is 12.4. The Hall–Kier alpha value is -2.66. The number of anilines is 1. The summed E-state index contributed by atoms with van der Waals surface area (Å²) < 4.78 is 0. The number of aromatic nitrogens is 1. The minimum Gasteiger partial charge on any atom is -0.354 e. The number of rotatable bonds is 3. The second kappa shape index (κ2) is 7.94. The molecule has 0 unspecified atom stereocenters. The Bertz CT molecular complexity index is 686. The Kier molecular flexibility index (Phi) is 5.46. The van der Waals surface area contributed by atoms with Gasteiger partial charge < -0.3 is 15.1 Å². The SMILES string of the molecule is N#Cc1cccnc1N1CCCN(CC(=O)N2CCNC(=O)C2)CC1. The second-order valence-electron chi connectivity index (χ2n) is 6.27. The molecule has 2 saturated heterocycles. The van der Waals surface area contributed by atoms with Crippen LogP contribution in [0.3, 0.4) is 0 Å². The number of hydrogen-bond acceptors (Lipinski definition) is 6. The van der Waals surface area contributed by atoms with Gasteiger partial charge in [0.05, 0.1) is 18.7 Å². The summed E-state index contributed by atoms with van der Waals surface area (Å²) in [6.07, 6.45) is 2.60. The van der Waals surface area contributed by atoms with Crippen molar-refractivity contribution >= 4 is 17.6 Å². The molecule has 0 saturated carbocycles. The normalized spacial score (nSPS) is 19.1. The minimum absolute atomic E-state index is 0.00106. The summed E-state index contributed by atoms with van der Waals surface area (Å²) in [6, 6.07) is 5.72. The summed E-state index contributed by atoms with van der Waals surface area (Å²) in [7, 11) is 0. The number of nitrogens with one attached hydrogen (secondary N) is 1. The molecular formula is C17H22N6O2. The number of amides is 2. The van der Waals surface area contributed by atoms with Crippen LogP contribution in [-0.2, 0) is 9.59 Å². The fraction of sp³-hybridized carbons (Fsp3) is 0.529. The van der Waals surface area contributed by atoms with Crippen LogP contribution in [0.4, 0.5) is 5.82 Å². The van der Waals surface area contributed by atoms with Gasteiger partial charge in [0.1, 0.15) is 11.9 Å². The first-order valence-electron chi connectivity index (χ1n) is 8.54. The van der Waals surface area contributed by atoms with Crippen molar-refractivity contribution in [1.29, 1.82) is 5.26 Å². The zero-order valence-electron chi connectivity index (χ0n) is 14.1. The summed E-state index contributed by atoms with van der Waals surface area (Å²) in [5.74, 6) is 0.616. The summed E-state index contributed by atoms with van der Waals surface area (Å²) in [5.41, 5.74) is 0.575. The quantitative estimate of drug-likeness (QED) is 0.790. The van der Waals surface area contributed by atoms with E-state index < -0.39 is 0 Å². The van der Waals surface area contributed by atoms with Crippen LogP contribution >= 0.6 is 0 Å². The van der Waals surface area contributed by atoms with Crippen LogP contribution in [0.5, 0.6) is 0 Å². The third-order valence-electron chi connectivity index (χ3n) is 4.55. The molecule has 3 rings (SSSR count). The molecule has 0 aliphatic carbocycles. The van der Waals surface area contributed by atoms with Crippen LogP contribution in [0.25, 0.3) is 0 Å². The Morgan fingerprint density at radius 3 is 2.96 bits per heavy atom. The lowest BCUT2D eigenvalue weighted by Crippen LogP contribution is -2.52. The van der Waals surface area contributed by atoms with Crippen LogP contribution in [0, 0.1) is 11.3 Å². The van der Waals surface area contributed by atoms with Gasteiger partial charge in [-0.15, -0.1) is 0 Å². The Labute approximate surface area is 147 Å². The molecule has 2 fully saturated rings. The minimum atomic E-state index is -0.0965. The van der Waals surface area contributed by atoms with Gasteiger partial charge in [-0.1, -0.05) is 0 Å². The number of pyridine rings is 1. The number of hydrogen-bond donors (Lipinski definition) is 1. The largest absolute Gasteiger partial charge is 0.354 e. The molecular weight excluding hydrogens is 320 g/mol. The van der Waals surface area contributed by atoms with E-state index in [4.69, 9.17) is 0 Å². The average Bonchev–Trinajstić information content (AvgIpc) is 2.87. The predicted octanol–water partition coefficient (Wildman–Crippen LogP) is -0.576. The first-order chi connectivity index (χ1) is 12.2. The van der Waals surface area contributed by atoms with Gasteiger partial charge in [-0.25, -0.2) is 4.98 Å². The van der Waals surface area contributed by atoms with Gasteiger partial charge >= 0.3 is 0 Å². The maximum absolute atomic E-state index is 12.4. The molecule has 1 aromatic rings. The van der Waals surface area contributed by atoms with E-state index in [-0.39, 0.29) is 18.4 Å². The summed E-state index contributed by atoms with van der Waals surface area (Å²) in [6.45, 7) is 4.65. The number of carbonyl (C=O) groups excluding carboxylic acids is 2. The highest BCUT2D eigenvalue weighted by Crippen LogP contribution is 2.18. The zero-order valence-corrected chi connectivity index (χ0v) is 14.1. The first-order valence-corrected chi connectivity index (χ1v) is 8.54. The van der Waals surface area contributed by atoms with E-state index in [1.54, 1.807) is 23.2 Å². The van der Waals surface area contributed by atoms with Crippen LogP contribution < -0.4 is 10.2 Å². The van der Waals surface area contributed by atoms with E-state index in [1.807, 2.05) is 0 Å². The molecule has 0 bridgehead atoms. The standard InChI is InChI=1S/C17H22N6O2/c18-11-14-3-1-4-20-17(14)22-7-2-6-21(9-10-22)13-16(25)23-8-5-19-15(24)12-23/h1,3-4H,2,5-10,12-13H2,(H,19,24). The summed E-state index contributed by atoms with van der Waals surface area (Å²) >= 11 is 0. The number of piperazine rings is 1. The molecule has 25 heavy (non-hydrogen) atoms. The monoisotopic (exact) mass is 342 g/mol. The van der Waals surface area contributed by atoms with Gasteiger partial charge in [-0.2, -0.15) is 5.26 Å². The van der Waals surface area contributed by atoms with E-state index in [9.17, 15) is 14.9 Å².